The molecule has 0 radical (unpaired) electrons. The van der Waals surface area contributed by atoms with Crippen LogP contribution in [0.2, 0.25) is 0 Å². The SMILES string of the molecule is COCCOCCC(=O)NC1CCN(C(C(=O)OC(C)(C)C)c2ccccc2)C1=O. The zero-order valence-electron chi connectivity index (χ0n) is 18.2. The number of esters is 1. The quantitative estimate of drug-likeness (QED) is 0.459. The van der Waals surface area contributed by atoms with Gasteiger partial charge in [0.2, 0.25) is 11.8 Å². The molecular weight excluding hydrogens is 388 g/mol. The first-order valence-corrected chi connectivity index (χ1v) is 10.2. The van der Waals surface area contributed by atoms with Gasteiger partial charge in [-0.2, -0.15) is 0 Å². The largest absolute Gasteiger partial charge is 0.458 e. The second kappa shape index (κ2) is 11.1. The number of carbonyl (C=O) groups is 3. The van der Waals surface area contributed by atoms with Crippen molar-refractivity contribution in [1.82, 2.24) is 10.2 Å². The van der Waals surface area contributed by atoms with Crippen molar-refractivity contribution < 1.29 is 28.6 Å². The fraction of sp³-hybridized carbons (Fsp3) is 0.591. The standard InChI is InChI=1S/C22H32N2O6/c1-22(2,3)30-21(27)19(16-8-6-5-7-9-16)24-12-10-17(20(24)26)23-18(25)11-13-29-15-14-28-4/h5-9,17,19H,10-15H2,1-4H3,(H,23,25). The van der Waals surface area contributed by atoms with Crippen LogP contribution in [0.5, 0.6) is 0 Å². The summed E-state index contributed by atoms with van der Waals surface area (Å²) in [7, 11) is 1.58. The number of benzene rings is 1. The highest BCUT2D eigenvalue weighted by atomic mass is 16.6. The van der Waals surface area contributed by atoms with E-state index in [1.807, 2.05) is 18.2 Å². The lowest BCUT2D eigenvalue weighted by atomic mass is 10.0. The van der Waals surface area contributed by atoms with E-state index in [1.165, 1.54) is 4.90 Å². The van der Waals surface area contributed by atoms with Crippen LogP contribution in [0.25, 0.3) is 0 Å². The number of hydrogen-bond donors (Lipinski definition) is 1. The van der Waals surface area contributed by atoms with Crippen molar-refractivity contribution in [3.05, 3.63) is 35.9 Å². The average molecular weight is 421 g/mol. The lowest BCUT2D eigenvalue weighted by molar-refractivity contribution is -0.164. The van der Waals surface area contributed by atoms with Gasteiger partial charge in [-0.25, -0.2) is 4.79 Å². The normalized spacial score (nSPS) is 17.7. The molecule has 2 unspecified atom stereocenters. The highest BCUT2D eigenvalue weighted by Crippen LogP contribution is 2.29. The van der Waals surface area contributed by atoms with E-state index in [0.717, 1.165) is 0 Å². The van der Waals surface area contributed by atoms with Crippen LogP contribution in [0.4, 0.5) is 0 Å². The molecule has 1 saturated heterocycles. The summed E-state index contributed by atoms with van der Waals surface area (Å²) in [5.74, 6) is -1.04. The van der Waals surface area contributed by atoms with E-state index in [0.29, 0.717) is 31.7 Å². The molecule has 1 aliphatic rings. The van der Waals surface area contributed by atoms with E-state index < -0.39 is 23.7 Å². The summed E-state index contributed by atoms with van der Waals surface area (Å²) in [6.07, 6.45) is 0.586. The zero-order valence-corrected chi connectivity index (χ0v) is 18.2. The number of likely N-dealkylation sites (tertiary alicyclic amines) is 1. The van der Waals surface area contributed by atoms with Crippen LogP contribution in [0.1, 0.15) is 45.2 Å². The Bertz CT molecular complexity index is 716. The molecule has 0 spiro atoms. The maximum Gasteiger partial charge on any atom is 0.334 e. The van der Waals surface area contributed by atoms with Crippen molar-refractivity contribution in [3.8, 4) is 0 Å². The van der Waals surface area contributed by atoms with Gasteiger partial charge in [0.1, 0.15) is 11.6 Å². The van der Waals surface area contributed by atoms with Crippen molar-refractivity contribution in [2.75, 3.05) is 33.5 Å². The molecule has 0 saturated carbocycles. The molecule has 2 rings (SSSR count). The second-order valence-electron chi connectivity index (χ2n) is 8.14. The number of carbonyl (C=O) groups excluding carboxylic acids is 3. The predicted octanol–water partition coefficient (Wildman–Crippen LogP) is 1.84. The molecule has 0 bridgehead atoms. The molecule has 1 aromatic rings. The van der Waals surface area contributed by atoms with Gasteiger partial charge in [-0.3, -0.25) is 9.59 Å². The zero-order chi connectivity index (χ0) is 22.1. The number of rotatable bonds is 10. The first-order valence-electron chi connectivity index (χ1n) is 10.2. The Morgan fingerprint density at radius 1 is 1.17 bits per heavy atom. The van der Waals surface area contributed by atoms with Crippen LogP contribution in [-0.2, 0) is 28.6 Å². The van der Waals surface area contributed by atoms with Crippen molar-refractivity contribution in [1.29, 1.82) is 0 Å². The molecule has 1 heterocycles. The summed E-state index contributed by atoms with van der Waals surface area (Å²) in [5, 5.41) is 2.75. The maximum absolute atomic E-state index is 13.0. The monoisotopic (exact) mass is 420 g/mol. The highest BCUT2D eigenvalue weighted by Gasteiger charge is 2.41. The van der Waals surface area contributed by atoms with Crippen LogP contribution in [-0.4, -0.2) is 67.8 Å². The van der Waals surface area contributed by atoms with Crippen molar-refractivity contribution >= 4 is 17.8 Å². The molecule has 0 aliphatic carbocycles. The van der Waals surface area contributed by atoms with E-state index in [1.54, 1.807) is 40.0 Å². The average Bonchev–Trinajstić information content (AvgIpc) is 3.01. The summed E-state index contributed by atoms with van der Waals surface area (Å²) in [4.78, 5) is 39.6. The lowest BCUT2D eigenvalue weighted by Crippen LogP contribution is -2.45. The molecule has 1 aliphatic heterocycles. The van der Waals surface area contributed by atoms with Gasteiger partial charge in [-0.05, 0) is 32.8 Å². The number of methoxy groups -OCH3 is 1. The van der Waals surface area contributed by atoms with Gasteiger partial charge >= 0.3 is 5.97 Å². The molecule has 1 fully saturated rings. The molecule has 2 amide bonds. The van der Waals surface area contributed by atoms with Gasteiger partial charge in [-0.15, -0.1) is 0 Å². The topological polar surface area (TPSA) is 94.2 Å². The summed E-state index contributed by atoms with van der Waals surface area (Å²) >= 11 is 0. The number of nitrogens with one attached hydrogen (secondary N) is 1. The molecule has 166 valence electrons. The molecule has 8 heteroatoms. The van der Waals surface area contributed by atoms with E-state index in [-0.39, 0.29) is 24.8 Å². The molecule has 1 N–H and O–H groups in total. The fourth-order valence-electron chi connectivity index (χ4n) is 3.20. The first kappa shape index (κ1) is 23.8. The Labute approximate surface area is 177 Å². The number of ether oxygens (including phenoxy) is 3. The third-order valence-corrected chi connectivity index (χ3v) is 4.54. The lowest BCUT2D eigenvalue weighted by Gasteiger charge is -2.30. The second-order valence-corrected chi connectivity index (χ2v) is 8.14. The summed E-state index contributed by atoms with van der Waals surface area (Å²) in [5.41, 5.74) is 0.00201. The van der Waals surface area contributed by atoms with Gasteiger partial charge in [0, 0.05) is 20.1 Å². The van der Waals surface area contributed by atoms with E-state index >= 15 is 0 Å². The van der Waals surface area contributed by atoms with Gasteiger partial charge in [0.25, 0.3) is 0 Å². The Hall–Kier alpha value is -2.45. The van der Waals surface area contributed by atoms with Gasteiger partial charge in [0.05, 0.1) is 19.8 Å². The van der Waals surface area contributed by atoms with Crippen LogP contribution >= 0.6 is 0 Å². The summed E-state index contributed by atoms with van der Waals surface area (Å²) < 4.78 is 15.7. The Kier molecular flexibility index (Phi) is 8.80. The van der Waals surface area contributed by atoms with Crippen molar-refractivity contribution in [3.63, 3.8) is 0 Å². The van der Waals surface area contributed by atoms with E-state index in [4.69, 9.17) is 14.2 Å². The number of nitrogens with zero attached hydrogens (tertiary/aromatic N) is 1. The number of hydrogen-bond acceptors (Lipinski definition) is 6. The third-order valence-electron chi connectivity index (χ3n) is 4.54. The van der Waals surface area contributed by atoms with Gasteiger partial charge in [0.15, 0.2) is 6.04 Å². The van der Waals surface area contributed by atoms with Gasteiger partial charge in [-0.1, -0.05) is 30.3 Å². The van der Waals surface area contributed by atoms with Crippen LogP contribution in [0, 0.1) is 0 Å². The Morgan fingerprint density at radius 3 is 2.50 bits per heavy atom. The first-order chi connectivity index (χ1) is 14.2. The third kappa shape index (κ3) is 7.11. The molecular formula is C22H32N2O6. The highest BCUT2D eigenvalue weighted by molar-refractivity contribution is 5.92. The van der Waals surface area contributed by atoms with Crippen molar-refractivity contribution in [2.45, 2.75) is 51.3 Å². The fourth-order valence-corrected chi connectivity index (χ4v) is 3.20. The summed E-state index contributed by atoms with van der Waals surface area (Å²) in [6.45, 7) is 6.85. The van der Waals surface area contributed by atoms with Crippen molar-refractivity contribution in [2.24, 2.45) is 0 Å². The maximum atomic E-state index is 13.0. The Morgan fingerprint density at radius 2 is 1.87 bits per heavy atom. The molecule has 2 atom stereocenters. The van der Waals surface area contributed by atoms with E-state index in [2.05, 4.69) is 5.32 Å². The minimum absolute atomic E-state index is 0.154. The number of amides is 2. The van der Waals surface area contributed by atoms with Crippen LogP contribution < -0.4 is 5.32 Å². The minimum Gasteiger partial charge on any atom is -0.458 e. The van der Waals surface area contributed by atoms with Crippen LogP contribution in [0.3, 0.4) is 0 Å². The smallest absolute Gasteiger partial charge is 0.334 e. The van der Waals surface area contributed by atoms with Crippen LogP contribution in [0.15, 0.2) is 30.3 Å². The molecule has 1 aromatic carbocycles. The van der Waals surface area contributed by atoms with E-state index in [9.17, 15) is 14.4 Å². The molecule has 0 aromatic heterocycles. The molecule has 30 heavy (non-hydrogen) atoms. The predicted molar refractivity (Wildman–Crippen MR) is 111 cm³/mol. The minimum atomic E-state index is -0.850. The molecule has 8 nitrogen and oxygen atoms in total. The summed E-state index contributed by atoms with van der Waals surface area (Å²) in [6, 6.07) is 7.56. The Balaban J connectivity index is 2.02. The van der Waals surface area contributed by atoms with Gasteiger partial charge < -0.3 is 24.4 Å².